The molecule has 0 aliphatic carbocycles. The van der Waals surface area contributed by atoms with Gasteiger partial charge in [-0.2, -0.15) is 23.4 Å². The molecule has 1 N–H and O–H groups in total. The van der Waals surface area contributed by atoms with Gasteiger partial charge >= 0.3 is 22.5 Å². The van der Waals surface area contributed by atoms with Crippen molar-refractivity contribution < 1.29 is 17.9 Å². The summed E-state index contributed by atoms with van der Waals surface area (Å²) in [7, 11) is -1.48. The van der Waals surface area contributed by atoms with Crippen molar-refractivity contribution in [2.45, 2.75) is 20.8 Å². The first-order valence-electron chi connectivity index (χ1n) is 6.20. The van der Waals surface area contributed by atoms with E-state index in [1.54, 1.807) is 18.3 Å². The lowest BCUT2D eigenvalue weighted by molar-refractivity contribution is 0.259. The van der Waals surface area contributed by atoms with Gasteiger partial charge in [-0.15, -0.1) is 11.3 Å². The van der Waals surface area contributed by atoms with Gasteiger partial charge in [0, 0.05) is 4.88 Å². The second kappa shape index (κ2) is 8.90. The number of aryl methyl sites for hydroxylation is 3. The van der Waals surface area contributed by atoms with Crippen LogP contribution < -0.4 is 10.1 Å². The van der Waals surface area contributed by atoms with Crippen molar-refractivity contribution in [1.29, 1.82) is 0 Å². The van der Waals surface area contributed by atoms with Gasteiger partial charge in [-0.1, -0.05) is 4.36 Å². The van der Waals surface area contributed by atoms with Crippen LogP contribution in [0.4, 0.5) is 10.7 Å². The van der Waals surface area contributed by atoms with E-state index in [1.165, 1.54) is 17.6 Å². The fraction of sp³-hybridized carbons (Fsp3) is 0.333. The van der Waals surface area contributed by atoms with Gasteiger partial charge in [0.25, 0.3) is 0 Å². The Morgan fingerprint density at radius 1 is 1.26 bits per heavy atom. The highest BCUT2D eigenvalue weighted by Crippen LogP contribution is 2.10. The molecular weight excluding hydrogens is 342 g/mol. The van der Waals surface area contributed by atoms with Crippen LogP contribution in [-0.4, -0.2) is 36.5 Å². The Hall–Kier alpha value is -2.40. The van der Waals surface area contributed by atoms with E-state index in [9.17, 15) is 13.2 Å². The summed E-state index contributed by atoms with van der Waals surface area (Å²) in [5.41, 5.74) is 1.38. The van der Waals surface area contributed by atoms with Crippen LogP contribution >= 0.6 is 11.3 Å². The number of anilines is 1. The summed E-state index contributed by atoms with van der Waals surface area (Å²) in [5.74, 6) is 0.175. The number of aromatic nitrogens is 3. The molecule has 0 aliphatic heterocycles. The van der Waals surface area contributed by atoms with Gasteiger partial charge in [-0.3, -0.25) is 5.32 Å². The van der Waals surface area contributed by atoms with E-state index < -0.39 is 16.5 Å². The van der Waals surface area contributed by atoms with E-state index >= 15 is 0 Å². The van der Waals surface area contributed by atoms with Gasteiger partial charge in [0.2, 0.25) is 5.95 Å². The molecule has 0 bridgehead atoms. The fourth-order valence-corrected chi connectivity index (χ4v) is 2.24. The topological polar surface area (TPSA) is 124 Å². The third-order valence-corrected chi connectivity index (χ3v) is 3.44. The van der Waals surface area contributed by atoms with E-state index in [2.05, 4.69) is 44.6 Å². The minimum atomic E-state index is -2.82. The van der Waals surface area contributed by atoms with E-state index in [0.717, 1.165) is 0 Å². The lowest BCUT2D eigenvalue weighted by Gasteiger charge is -2.02. The van der Waals surface area contributed by atoms with Crippen molar-refractivity contribution >= 4 is 33.8 Å². The fourth-order valence-electron chi connectivity index (χ4n) is 1.37. The first kappa shape index (κ1) is 18.6. The highest BCUT2D eigenvalue weighted by Gasteiger charge is 2.07. The third-order valence-electron chi connectivity index (χ3n) is 2.15. The highest BCUT2D eigenvalue weighted by molar-refractivity contribution is 7.62. The predicted octanol–water partition coefficient (Wildman–Crippen LogP) is 2.15. The van der Waals surface area contributed by atoms with Crippen LogP contribution in [0, 0.1) is 20.8 Å². The molecule has 23 heavy (non-hydrogen) atoms. The molecular formula is C12H15N5O4S2. The monoisotopic (exact) mass is 357 g/mol. The second-order valence-electron chi connectivity index (χ2n) is 4.17. The molecule has 0 radical (unpaired) electrons. The van der Waals surface area contributed by atoms with Crippen LogP contribution in [-0.2, 0) is 10.5 Å². The van der Waals surface area contributed by atoms with E-state index in [1.807, 2.05) is 5.32 Å². The van der Waals surface area contributed by atoms with Crippen molar-refractivity contribution in [2.24, 2.45) is 4.36 Å². The van der Waals surface area contributed by atoms with Crippen LogP contribution in [0.15, 0.2) is 15.8 Å². The van der Waals surface area contributed by atoms with Gasteiger partial charge in [-0.25, -0.2) is 4.79 Å². The first-order chi connectivity index (χ1) is 10.8. The maximum Gasteiger partial charge on any atom is 0.362 e. The Morgan fingerprint density at radius 3 is 2.39 bits per heavy atom. The molecule has 2 amide bonds. The Morgan fingerprint density at radius 2 is 1.96 bits per heavy atom. The molecule has 0 atom stereocenters. The lowest BCUT2D eigenvalue weighted by atomic mass is 10.4. The molecule has 0 aromatic carbocycles. The third kappa shape index (κ3) is 7.42. The number of amides is 2. The van der Waals surface area contributed by atoms with Crippen molar-refractivity contribution in [2.75, 3.05) is 12.4 Å². The van der Waals surface area contributed by atoms with E-state index in [0.29, 0.717) is 5.82 Å². The van der Waals surface area contributed by atoms with Crippen molar-refractivity contribution in [3.8, 4) is 6.01 Å². The molecule has 0 saturated heterocycles. The Kier molecular flexibility index (Phi) is 7.22. The summed E-state index contributed by atoms with van der Waals surface area (Å²) in [4.78, 5) is 23.5. The van der Waals surface area contributed by atoms with Crippen molar-refractivity contribution in [3.63, 3.8) is 0 Å². The average Bonchev–Trinajstić information content (AvgIpc) is 2.81. The SMILES string of the molecule is COc1nc(C)nc(NC(=O)N=S(=O)=O)n1.Cc1csc(C)c1. The summed E-state index contributed by atoms with van der Waals surface area (Å²) in [5, 5.41) is 4.21. The molecule has 124 valence electrons. The molecule has 9 nitrogen and oxygen atoms in total. The number of ether oxygens (including phenoxy) is 1. The highest BCUT2D eigenvalue weighted by atomic mass is 32.2. The standard InChI is InChI=1S/C6H7N5O4S.C6H8S/c1-3-7-4(10-6(8-3)15-2)9-5(12)11-16(13)14;1-5-3-6(2)7-4-5/h1-2H3,(H,7,8,9,10,12);3-4H,1-2H3. The van der Waals surface area contributed by atoms with Gasteiger partial charge in [0.05, 0.1) is 7.11 Å². The van der Waals surface area contributed by atoms with Crippen molar-refractivity contribution in [3.05, 3.63) is 27.7 Å². The largest absolute Gasteiger partial charge is 0.467 e. The number of rotatable bonds is 2. The molecule has 11 heteroatoms. The van der Waals surface area contributed by atoms with Gasteiger partial charge in [0.1, 0.15) is 5.82 Å². The number of hydrogen-bond acceptors (Lipinski definition) is 8. The summed E-state index contributed by atoms with van der Waals surface area (Å²) in [6.45, 7) is 5.80. The van der Waals surface area contributed by atoms with E-state index in [4.69, 9.17) is 4.74 Å². The number of nitrogens with one attached hydrogen (secondary N) is 1. The van der Waals surface area contributed by atoms with E-state index in [-0.39, 0.29) is 12.0 Å². The van der Waals surface area contributed by atoms with Crippen LogP contribution in [0.3, 0.4) is 0 Å². The Labute approximate surface area is 138 Å². The van der Waals surface area contributed by atoms with Gasteiger partial charge < -0.3 is 4.74 Å². The summed E-state index contributed by atoms with van der Waals surface area (Å²) < 4.78 is 27.6. The summed E-state index contributed by atoms with van der Waals surface area (Å²) in [6, 6.07) is 1.09. The molecule has 2 aromatic heterocycles. The summed E-state index contributed by atoms with van der Waals surface area (Å²) >= 11 is 1.80. The van der Waals surface area contributed by atoms with Gasteiger partial charge in [0.15, 0.2) is 0 Å². The Bertz CT molecular complexity index is 792. The predicted molar refractivity (Wildman–Crippen MR) is 85.3 cm³/mol. The smallest absolute Gasteiger partial charge is 0.362 e. The minimum absolute atomic E-state index is 0.00560. The average molecular weight is 357 g/mol. The zero-order valence-electron chi connectivity index (χ0n) is 12.9. The maximum absolute atomic E-state index is 10.9. The number of methoxy groups -OCH3 is 1. The van der Waals surface area contributed by atoms with Crippen LogP contribution in [0.5, 0.6) is 6.01 Å². The molecule has 0 saturated carbocycles. The number of hydrogen-bond donors (Lipinski definition) is 1. The number of carbonyl (C=O) groups excluding carboxylic acids is 1. The van der Waals surface area contributed by atoms with Crippen LogP contribution in [0.2, 0.25) is 0 Å². The molecule has 0 spiro atoms. The van der Waals surface area contributed by atoms with Gasteiger partial charge in [-0.05, 0) is 37.8 Å². The molecule has 0 unspecified atom stereocenters. The molecule has 0 aliphatic rings. The zero-order chi connectivity index (χ0) is 17.4. The summed E-state index contributed by atoms with van der Waals surface area (Å²) in [6.07, 6.45) is 0. The number of urea groups is 1. The van der Waals surface area contributed by atoms with Crippen molar-refractivity contribution in [1.82, 2.24) is 15.0 Å². The quantitative estimate of drug-likeness (QED) is 0.873. The van der Waals surface area contributed by atoms with Crippen LogP contribution in [0.1, 0.15) is 16.3 Å². The normalized spacial score (nSPS) is 9.39. The molecule has 2 rings (SSSR count). The zero-order valence-corrected chi connectivity index (χ0v) is 14.5. The number of nitrogens with zero attached hydrogens (tertiary/aromatic N) is 4. The van der Waals surface area contributed by atoms with Crippen LogP contribution in [0.25, 0.3) is 0 Å². The first-order valence-corrected chi connectivity index (χ1v) is 8.11. The maximum atomic E-state index is 10.9. The Balaban J connectivity index is 0.000000313. The molecule has 2 aromatic rings. The number of carbonyl (C=O) groups is 1. The molecule has 0 fully saturated rings. The second-order valence-corrected chi connectivity index (χ2v) is 5.90. The minimum Gasteiger partial charge on any atom is -0.467 e. The molecule has 2 heterocycles. The lowest BCUT2D eigenvalue weighted by Crippen LogP contribution is -2.11. The number of thiophene rings is 1.